The predicted octanol–water partition coefficient (Wildman–Crippen LogP) is 4.79. The fourth-order valence-electron chi connectivity index (χ4n) is 2.11. The molecule has 0 amide bonds. The highest BCUT2D eigenvalue weighted by atomic mass is 16.5. The van der Waals surface area contributed by atoms with Crippen molar-refractivity contribution < 1.29 is 4.74 Å². The normalized spacial score (nSPS) is 10.9. The Morgan fingerprint density at radius 3 is 1.86 bits per heavy atom. The van der Waals surface area contributed by atoms with E-state index in [1.54, 1.807) is 0 Å². The van der Waals surface area contributed by atoms with Gasteiger partial charge in [-0.1, -0.05) is 45.0 Å². The topological polar surface area (TPSA) is 21.3 Å². The Labute approximate surface area is 128 Å². The molecule has 2 heteroatoms. The van der Waals surface area contributed by atoms with E-state index in [-0.39, 0.29) is 0 Å². The van der Waals surface area contributed by atoms with Crippen molar-refractivity contribution in [2.24, 2.45) is 5.92 Å². The Bertz CT molecular complexity index is 528. The van der Waals surface area contributed by atoms with Crippen LogP contribution in [0.4, 0.5) is 0 Å². The van der Waals surface area contributed by atoms with E-state index in [0.717, 1.165) is 31.0 Å². The average Bonchev–Trinajstić information content (AvgIpc) is 2.49. The summed E-state index contributed by atoms with van der Waals surface area (Å²) in [5.74, 6) is 2.45. The van der Waals surface area contributed by atoms with Crippen LogP contribution in [-0.4, -0.2) is 6.54 Å². The zero-order valence-electron chi connectivity index (χ0n) is 13.2. The molecule has 0 atom stereocenters. The van der Waals surface area contributed by atoms with Gasteiger partial charge in [0.15, 0.2) is 0 Å². The van der Waals surface area contributed by atoms with Gasteiger partial charge in [0.25, 0.3) is 0 Å². The van der Waals surface area contributed by atoms with Gasteiger partial charge in [-0.05, 0) is 54.3 Å². The van der Waals surface area contributed by atoms with Crippen LogP contribution in [0.1, 0.15) is 31.9 Å². The van der Waals surface area contributed by atoms with Crippen molar-refractivity contribution in [2.45, 2.75) is 33.7 Å². The molecule has 2 aromatic carbocycles. The molecule has 0 heterocycles. The molecule has 112 valence electrons. The lowest BCUT2D eigenvalue weighted by Crippen LogP contribution is -2.18. The summed E-state index contributed by atoms with van der Waals surface area (Å²) in [4.78, 5) is 0. The first-order chi connectivity index (χ1) is 10.2. The summed E-state index contributed by atoms with van der Waals surface area (Å²) < 4.78 is 5.86. The molecule has 0 spiro atoms. The number of hydrogen-bond acceptors (Lipinski definition) is 2. The minimum Gasteiger partial charge on any atom is -0.457 e. The zero-order chi connectivity index (χ0) is 15.1. The fraction of sp³-hybridized carbons (Fsp3) is 0.368. The van der Waals surface area contributed by atoms with Gasteiger partial charge < -0.3 is 10.1 Å². The average molecular weight is 283 g/mol. The highest BCUT2D eigenvalue weighted by Crippen LogP contribution is 2.22. The Kier molecular flexibility index (Phi) is 5.82. The maximum Gasteiger partial charge on any atom is 0.127 e. The summed E-state index contributed by atoms with van der Waals surface area (Å²) in [7, 11) is 0. The monoisotopic (exact) mass is 283 g/mol. The lowest BCUT2D eigenvalue weighted by atomic mass is 10.1. The lowest BCUT2D eigenvalue weighted by Gasteiger charge is -2.09. The lowest BCUT2D eigenvalue weighted by molar-refractivity contribution is 0.482. The smallest absolute Gasteiger partial charge is 0.127 e. The number of ether oxygens (including phenoxy) is 1. The van der Waals surface area contributed by atoms with E-state index in [0.29, 0.717) is 5.92 Å². The first-order valence-corrected chi connectivity index (χ1v) is 7.74. The highest BCUT2D eigenvalue weighted by Gasteiger charge is 1.99. The summed E-state index contributed by atoms with van der Waals surface area (Å²) in [6, 6.07) is 16.6. The van der Waals surface area contributed by atoms with Crippen LogP contribution in [0, 0.1) is 5.92 Å². The third-order valence-corrected chi connectivity index (χ3v) is 3.37. The van der Waals surface area contributed by atoms with E-state index in [1.807, 2.05) is 24.3 Å². The number of benzene rings is 2. The van der Waals surface area contributed by atoms with Crippen LogP contribution in [0.25, 0.3) is 0 Å². The van der Waals surface area contributed by atoms with Crippen molar-refractivity contribution in [2.75, 3.05) is 6.54 Å². The van der Waals surface area contributed by atoms with Crippen LogP contribution in [0.2, 0.25) is 0 Å². The highest BCUT2D eigenvalue weighted by molar-refractivity contribution is 5.34. The molecular formula is C19H25NO. The van der Waals surface area contributed by atoms with Gasteiger partial charge in [0, 0.05) is 6.54 Å². The van der Waals surface area contributed by atoms with E-state index in [9.17, 15) is 0 Å². The van der Waals surface area contributed by atoms with Crippen molar-refractivity contribution in [3.05, 3.63) is 59.7 Å². The van der Waals surface area contributed by atoms with Crippen LogP contribution in [0.15, 0.2) is 48.5 Å². The van der Waals surface area contributed by atoms with Gasteiger partial charge in [-0.25, -0.2) is 0 Å². The second kappa shape index (κ2) is 7.84. The van der Waals surface area contributed by atoms with Crippen LogP contribution in [-0.2, 0) is 13.0 Å². The van der Waals surface area contributed by atoms with Gasteiger partial charge in [-0.15, -0.1) is 0 Å². The van der Waals surface area contributed by atoms with Gasteiger partial charge >= 0.3 is 0 Å². The maximum absolute atomic E-state index is 5.86. The Balaban J connectivity index is 1.89. The summed E-state index contributed by atoms with van der Waals surface area (Å²) in [6.07, 6.45) is 1.05. The predicted molar refractivity (Wildman–Crippen MR) is 88.9 cm³/mol. The molecule has 0 aromatic heterocycles. The molecule has 0 aliphatic carbocycles. The van der Waals surface area contributed by atoms with Gasteiger partial charge in [-0.2, -0.15) is 0 Å². The molecule has 1 N–H and O–H groups in total. The Morgan fingerprint density at radius 2 is 1.38 bits per heavy atom. The summed E-state index contributed by atoms with van der Waals surface area (Å²) in [5.41, 5.74) is 2.61. The van der Waals surface area contributed by atoms with Crippen LogP contribution in [0.3, 0.4) is 0 Å². The molecule has 0 unspecified atom stereocenters. The zero-order valence-corrected chi connectivity index (χ0v) is 13.2. The number of rotatable bonds is 7. The molecule has 21 heavy (non-hydrogen) atoms. The second-order valence-corrected chi connectivity index (χ2v) is 5.77. The number of hydrogen-bond donors (Lipinski definition) is 1. The molecule has 2 rings (SSSR count). The van der Waals surface area contributed by atoms with Gasteiger partial charge in [0.1, 0.15) is 11.5 Å². The first kappa shape index (κ1) is 15.6. The molecule has 0 aliphatic rings. The first-order valence-electron chi connectivity index (χ1n) is 7.74. The molecule has 2 aromatic rings. The third kappa shape index (κ3) is 5.24. The SMILES string of the molecule is CCc1ccc(Oc2ccc(CNCC(C)C)cc2)cc1. The Morgan fingerprint density at radius 1 is 0.857 bits per heavy atom. The standard InChI is InChI=1S/C19H25NO/c1-4-16-5-9-18(10-6-16)21-19-11-7-17(8-12-19)14-20-13-15(2)3/h5-12,15,20H,4,13-14H2,1-3H3. The van der Waals surface area contributed by atoms with Gasteiger partial charge in [0.05, 0.1) is 0 Å². The van der Waals surface area contributed by atoms with Crippen molar-refractivity contribution in [1.29, 1.82) is 0 Å². The van der Waals surface area contributed by atoms with Gasteiger partial charge in [-0.3, -0.25) is 0 Å². The Hall–Kier alpha value is -1.80. The molecule has 0 aliphatic heterocycles. The van der Waals surface area contributed by atoms with Crippen LogP contribution >= 0.6 is 0 Å². The van der Waals surface area contributed by atoms with E-state index in [2.05, 4.69) is 50.4 Å². The second-order valence-electron chi connectivity index (χ2n) is 5.77. The largest absolute Gasteiger partial charge is 0.457 e. The summed E-state index contributed by atoms with van der Waals surface area (Å²) in [5, 5.41) is 3.44. The van der Waals surface area contributed by atoms with E-state index >= 15 is 0 Å². The van der Waals surface area contributed by atoms with Crippen molar-refractivity contribution in [3.63, 3.8) is 0 Å². The molecule has 0 radical (unpaired) electrons. The molecule has 2 nitrogen and oxygen atoms in total. The molecule has 0 saturated heterocycles. The number of aryl methyl sites for hydroxylation is 1. The fourth-order valence-corrected chi connectivity index (χ4v) is 2.11. The molecular weight excluding hydrogens is 258 g/mol. The minimum absolute atomic E-state index is 0.679. The van der Waals surface area contributed by atoms with Gasteiger partial charge in [0.2, 0.25) is 0 Å². The molecule has 0 bridgehead atoms. The van der Waals surface area contributed by atoms with Crippen molar-refractivity contribution >= 4 is 0 Å². The third-order valence-electron chi connectivity index (χ3n) is 3.37. The van der Waals surface area contributed by atoms with E-state index < -0.39 is 0 Å². The summed E-state index contributed by atoms with van der Waals surface area (Å²) in [6.45, 7) is 8.54. The number of nitrogens with one attached hydrogen (secondary N) is 1. The van der Waals surface area contributed by atoms with Crippen LogP contribution < -0.4 is 10.1 Å². The van der Waals surface area contributed by atoms with E-state index in [4.69, 9.17) is 4.74 Å². The molecule has 0 fully saturated rings. The van der Waals surface area contributed by atoms with E-state index in [1.165, 1.54) is 11.1 Å². The molecule has 0 saturated carbocycles. The van der Waals surface area contributed by atoms with Crippen molar-refractivity contribution in [1.82, 2.24) is 5.32 Å². The quantitative estimate of drug-likeness (QED) is 0.789. The maximum atomic E-state index is 5.86. The summed E-state index contributed by atoms with van der Waals surface area (Å²) >= 11 is 0. The van der Waals surface area contributed by atoms with Crippen molar-refractivity contribution in [3.8, 4) is 11.5 Å². The minimum atomic E-state index is 0.679. The van der Waals surface area contributed by atoms with Crippen LogP contribution in [0.5, 0.6) is 11.5 Å².